The second kappa shape index (κ2) is 7.76. The van der Waals surface area contributed by atoms with E-state index < -0.39 is 11.9 Å². The third-order valence-electron chi connectivity index (χ3n) is 4.10. The number of carbonyl (C=O) groups excluding carboxylic acids is 2. The summed E-state index contributed by atoms with van der Waals surface area (Å²) in [5, 5.41) is 10.9. The van der Waals surface area contributed by atoms with Gasteiger partial charge in [-0.25, -0.2) is 9.78 Å². The van der Waals surface area contributed by atoms with Crippen LogP contribution < -0.4 is 10.2 Å². The van der Waals surface area contributed by atoms with Gasteiger partial charge in [0.15, 0.2) is 0 Å². The van der Waals surface area contributed by atoms with Gasteiger partial charge in [0, 0.05) is 19.5 Å². The van der Waals surface area contributed by atoms with E-state index in [1.807, 2.05) is 6.92 Å². The molecule has 8 nitrogen and oxygen atoms in total. The van der Waals surface area contributed by atoms with Crippen LogP contribution in [-0.2, 0) is 19.1 Å². The Kier molecular flexibility index (Phi) is 5.73. The average molecular weight is 335 g/mol. The molecule has 24 heavy (non-hydrogen) atoms. The summed E-state index contributed by atoms with van der Waals surface area (Å²) in [6.45, 7) is 3.44. The number of hydrogen-bond acceptors (Lipinski definition) is 6. The van der Waals surface area contributed by atoms with Gasteiger partial charge in [0.25, 0.3) is 0 Å². The zero-order chi connectivity index (χ0) is 17.7. The maximum atomic E-state index is 11.3. The summed E-state index contributed by atoms with van der Waals surface area (Å²) in [5.74, 6) is -1.68. The molecule has 0 spiro atoms. The third kappa shape index (κ3) is 4.43. The molecule has 1 aromatic heterocycles. The number of esters is 1. The number of carbonyl (C=O) groups is 3. The Balaban J connectivity index is 1.97. The molecular weight excluding hydrogens is 314 g/mol. The lowest BCUT2D eigenvalue weighted by atomic mass is 9.93. The van der Waals surface area contributed by atoms with Crippen LogP contribution in [0.25, 0.3) is 0 Å². The quantitative estimate of drug-likeness (QED) is 0.628. The number of aromatic nitrogens is 1. The fraction of sp³-hybridized carbons (Fsp3) is 0.500. The highest BCUT2D eigenvalue weighted by Gasteiger charge is 2.23. The maximum Gasteiger partial charge on any atom is 0.394 e. The van der Waals surface area contributed by atoms with Crippen molar-refractivity contribution in [3.05, 3.63) is 17.8 Å². The van der Waals surface area contributed by atoms with Crippen LogP contribution in [0.5, 0.6) is 0 Å². The van der Waals surface area contributed by atoms with Gasteiger partial charge < -0.3 is 20.1 Å². The number of rotatable bonds is 4. The van der Waals surface area contributed by atoms with Gasteiger partial charge in [-0.1, -0.05) is 0 Å². The molecule has 0 aromatic carbocycles. The van der Waals surface area contributed by atoms with Gasteiger partial charge in [-0.2, -0.15) is 0 Å². The maximum absolute atomic E-state index is 11.3. The lowest BCUT2D eigenvalue weighted by Gasteiger charge is -2.33. The Labute approximate surface area is 139 Å². The number of ether oxygens (including phenoxy) is 1. The molecule has 0 atom stereocenters. The van der Waals surface area contributed by atoms with Crippen LogP contribution >= 0.6 is 0 Å². The zero-order valence-electron chi connectivity index (χ0n) is 13.7. The fourth-order valence-electron chi connectivity index (χ4n) is 2.82. The number of nitrogens with one attached hydrogen (secondary N) is 1. The van der Waals surface area contributed by atoms with E-state index in [0.717, 1.165) is 37.3 Å². The van der Waals surface area contributed by atoms with E-state index in [-0.39, 0.29) is 5.97 Å². The summed E-state index contributed by atoms with van der Waals surface area (Å²) < 4.78 is 4.70. The number of piperidine rings is 1. The highest BCUT2D eigenvalue weighted by atomic mass is 16.5. The van der Waals surface area contributed by atoms with E-state index in [1.54, 1.807) is 6.07 Å². The lowest BCUT2D eigenvalue weighted by Crippen LogP contribution is -2.35. The molecule has 0 aliphatic carbocycles. The van der Waals surface area contributed by atoms with E-state index in [1.165, 1.54) is 13.3 Å². The lowest BCUT2D eigenvalue weighted by molar-refractivity contribution is -0.147. The Bertz CT molecular complexity index is 639. The molecule has 1 fully saturated rings. The zero-order valence-corrected chi connectivity index (χ0v) is 13.7. The first-order chi connectivity index (χ1) is 11.4. The molecule has 1 saturated heterocycles. The summed E-state index contributed by atoms with van der Waals surface area (Å²) in [4.78, 5) is 39.5. The molecule has 1 aliphatic rings. The van der Waals surface area contributed by atoms with E-state index in [0.29, 0.717) is 18.0 Å². The Morgan fingerprint density at radius 2 is 2.04 bits per heavy atom. The van der Waals surface area contributed by atoms with Gasteiger partial charge in [0.1, 0.15) is 5.82 Å². The first kappa shape index (κ1) is 17.7. The van der Waals surface area contributed by atoms with Crippen LogP contribution in [0.15, 0.2) is 12.3 Å². The summed E-state index contributed by atoms with van der Waals surface area (Å²) in [6, 6.07) is 1.70. The van der Waals surface area contributed by atoms with Gasteiger partial charge in [-0.15, -0.1) is 0 Å². The van der Waals surface area contributed by atoms with E-state index in [2.05, 4.69) is 15.2 Å². The number of methoxy groups -OCH3 is 1. The van der Waals surface area contributed by atoms with Crippen LogP contribution in [0.4, 0.5) is 11.5 Å². The van der Waals surface area contributed by atoms with Crippen molar-refractivity contribution in [2.45, 2.75) is 26.2 Å². The molecule has 2 rings (SSSR count). The predicted molar refractivity (Wildman–Crippen MR) is 86.8 cm³/mol. The van der Waals surface area contributed by atoms with Gasteiger partial charge >= 0.3 is 17.8 Å². The number of amides is 1. The Hall–Kier alpha value is -2.64. The highest BCUT2D eigenvalue weighted by Crippen LogP contribution is 2.27. The van der Waals surface area contributed by atoms with Crippen LogP contribution in [-0.4, -0.2) is 48.1 Å². The van der Waals surface area contributed by atoms with Crippen molar-refractivity contribution in [3.63, 3.8) is 0 Å². The number of hydrogen-bond donors (Lipinski definition) is 2. The van der Waals surface area contributed by atoms with Crippen LogP contribution in [0, 0.1) is 12.8 Å². The van der Waals surface area contributed by atoms with Crippen molar-refractivity contribution >= 4 is 29.4 Å². The number of pyridine rings is 1. The predicted octanol–water partition coefficient (Wildman–Crippen LogP) is 1.19. The minimum Gasteiger partial charge on any atom is -0.474 e. The smallest absolute Gasteiger partial charge is 0.394 e. The highest BCUT2D eigenvalue weighted by molar-refractivity contribution is 6.36. The van der Waals surface area contributed by atoms with Crippen molar-refractivity contribution in [1.82, 2.24) is 4.98 Å². The fourth-order valence-corrected chi connectivity index (χ4v) is 2.82. The largest absolute Gasteiger partial charge is 0.474 e. The summed E-state index contributed by atoms with van der Waals surface area (Å²) in [5.41, 5.74) is 1.20. The molecular formula is C16H21N3O5. The number of nitrogens with zero attached hydrogens (tertiary/aromatic N) is 2. The van der Waals surface area contributed by atoms with Crippen molar-refractivity contribution in [2.24, 2.45) is 5.92 Å². The number of carboxylic acid groups (broad SMARTS) is 1. The first-order valence-electron chi connectivity index (χ1n) is 7.73. The van der Waals surface area contributed by atoms with E-state index >= 15 is 0 Å². The van der Waals surface area contributed by atoms with Crippen LogP contribution in [0.1, 0.15) is 24.8 Å². The molecule has 2 heterocycles. The van der Waals surface area contributed by atoms with Crippen molar-refractivity contribution in [2.75, 3.05) is 30.4 Å². The Morgan fingerprint density at radius 3 is 2.58 bits per heavy atom. The number of aryl methyl sites for hydroxylation is 1. The molecule has 0 bridgehead atoms. The normalized spacial score (nSPS) is 15.0. The molecule has 130 valence electrons. The van der Waals surface area contributed by atoms with Gasteiger partial charge in [-0.05, 0) is 37.3 Å². The first-order valence-corrected chi connectivity index (χ1v) is 7.73. The standard InChI is InChI=1S/C16H21N3O5/c1-10-7-12(18-15(21)16(22)23)9-17-14(10)19-5-3-11(4-6-19)8-13(20)24-2/h7,9,11H,3-6,8H2,1-2H3,(H,18,21)(H,22,23). The van der Waals surface area contributed by atoms with Crippen molar-refractivity contribution in [3.8, 4) is 0 Å². The van der Waals surface area contributed by atoms with Crippen LogP contribution in [0.2, 0.25) is 0 Å². The van der Waals surface area contributed by atoms with Gasteiger partial charge in [-0.3, -0.25) is 9.59 Å². The van der Waals surface area contributed by atoms with Gasteiger partial charge in [0.2, 0.25) is 0 Å². The van der Waals surface area contributed by atoms with Crippen molar-refractivity contribution < 1.29 is 24.2 Å². The Morgan fingerprint density at radius 1 is 1.38 bits per heavy atom. The van der Waals surface area contributed by atoms with Crippen LogP contribution in [0.3, 0.4) is 0 Å². The van der Waals surface area contributed by atoms with Crippen molar-refractivity contribution in [1.29, 1.82) is 0 Å². The minimum absolute atomic E-state index is 0.179. The second-order valence-corrected chi connectivity index (χ2v) is 5.83. The third-order valence-corrected chi connectivity index (χ3v) is 4.10. The molecule has 0 radical (unpaired) electrons. The molecule has 1 aromatic rings. The molecule has 2 N–H and O–H groups in total. The number of carboxylic acids is 1. The molecule has 0 unspecified atom stereocenters. The van der Waals surface area contributed by atoms with E-state index in [4.69, 9.17) is 9.84 Å². The molecule has 1 aliphatic heterocycles. The SMILES string of the molecule is COC(=O)CC1CCN(c2ncc(NC(=O)C(=O)O)cc2C)CC1. The van der Waals surface area contributed by atoms with E-state index in [9.17, 15) is 14.4 Å². The minimum atomic E-state index is -1.54. The topological polar surface area (TPSA) is 109 Å². The molecule has 0 saturated carbocycles. The summed E-state index contributed by atoms with van der Waals surface area (Å²) >= 11 is 0. The number of anilines is 2. The summed E-state index contributed by atoms with van der Waals surface area (Å²) in [6.07, 6.45) is 3.65. The second-order valence-electron chi connectivity index (χ2n) is 5.83. The van der Waals surface area contributed by atoms with Gasteiger partial charge in [0.05, 0.1) is 19.0 Å². The molecule has 8 heteroatoms. The summed E-state index contributed by atoms with van der Waals surface area (Å²) in [7, 11) is 1.40. The molecule has 1 amide bonds. The average Bonchev–Trinajstić information content (AvgIpc) is 2.55. The monoisotopic (exact) mass is 335 g/mol. The number of aliphatic carboxylic acids is 1.